The Labute approximate surface area is 157 Å². The molecule has 7 heteroatoms. The minimum Gasteiger partial charge on any atom is -0.493 e. The molecule has 2 aliphatic heterocycles. The Bertz CT molecular complexity index is 902. The van der Waals surface area contributed by atoms with Gasteiger partial charge in [-0.3, -0.25) is 9.59 Å². The van der Waals surface area contributed by atoms with Crippen molar-refractivity contribution in [3.8, 4) is 17.0 Å². The molecule has 4 rings (SSSR count). The molecule has 1 aromatic heterocycles. The van der Waals surface area contributed by atoms with Gasteiger partial charge in [0.05, 0.1) is 6.61 Å². The first-order valence-electron chi connectivity index (χ1n) is 9.26. The molecule has 1 fully saturated rings. The maximum atomic E-state index is 13.0. The van der Waals surface area contributed by atoms with Crippen LogP contribution in [0.3, 0.4) is 0 Å². The van der Waals surface area contributed by atoms with Gasteiger partial charge in [-0.15, -0.1) is 0 Å². The monoisotopic (exact) mass is 369 g/mol. The van der Waals surface area contributed by atoms with Crippen molar-refractivity contribution >= 4 is 11.8 Å². The lowest BCUT2D eigenvalue weighted by Crippen LogP contribution is -2.64. The SMILES string of the molecule is CCN1CCN(C(=O)c2cc(-c3ccc4c(c3)CCO4)no2)C(C)(C)C1=O. The number of carbonyl (C=O) groups excluding carboxylic acids is 2. The van der Waals surface area contributed by atoms with Crippen molar-refractivity contribution in [3.05, 3.63) is 35.6 Å². The van der Waals surface area contributed by atoms with Crippen LogP contribution in [0.2, 0.25) is 0 Å². The zero-order valence-electron chi connectivity index (χ0n) is 15.8. The average Bonchev–Trinajstić information content (AvgIpc) is 3.32. The molecule has 2 amide bonds. The average molecular weight is 369 g/mol. The van der Waals surface area contributed by atoms with Gasteiger partial charge in [0, 0.05) is 37.7 Å². The summed E-state index contributed by atoms with van der Waals surface area (Å²) >= 11 is 0. The number of nitrogens with zero attached hydrogens (tertiary/aromatic N) is 3. The van der Waals surface area contributed by atoms with Crippen LogP contribution in [0.25, 0.3) is 11.3 Å². The van der Waals surface area contributed by atoms with Crippen LogP contribution in [0.4, 0.5) is 0 Å². The number of ether oxygens (including phenoxy) is 1. The third-order valence-electron chi connectivity index (χ3n) is 5.41. The molecular formula is C20H23N3O4. The number of rotatable bonds is 3. The zero-order valence-corrected chi connectivity index (χ0v) is 15.8. The smallest absolute Gasteiger partial charge is 0.293 e. The number of fused-ring (bicyclic) bond motifs is 1. The molecule has 1 saturated heterocycles. The first kappa shape index (κ1) is 17.6. The van der Waals surface area contributed by atoms with Crippen molar-refractivity contribution < 1.29 is 18.8 Å². The van der Waals surface area contributed by atoms with Gasteiger partial charge in [0.25, 0.3) is 5.91 Å². The number of carbonyl (C=O) groups is 2. The van der Waals surface area contributed by atoms with Crippen LogP contribution in [-0.4, -0.2) is 58.6 Å². The zero-order chi connectivity index (χ0) is 19.2. The molecular weight excluding hydrogens is 346 g/mol. The quantitative estimate of drug-likeness (QED) is 0.830. The number of hydrogen-bond acceptors (Lipinski definition) is 5. The van der Waals surface area contributed by atoms with E-state index < -0.39 is 5.54 Å². The van der Waals surface area contributed by atoms with E-state index in [4.69, 9.17) is 9.26 Å². The third kappa shape index (κ3) is 2.87. The normalized spacial score (nSPS) is 18.4. The molecule has 2 aliphatic rings. The molecule has 0 atom stereocenters. The predicted molar refractivity (Wildman–Crippen MR) is 98.5 cm³/mol. The van der Waals surface area contributed by atoms with Crippen LogP contribution in [0.1, 0.15) is 36.9 Å². The fraction of sp³-hybridized carbons (Fsp3) is 0.450. The molecule has 1 aromatic carbocycles. The van der Waals surface area contributed by atoms with Crippen LogP contribution >= 0.6 is 0 Å². The summed E-state index contributed by atoms with van der Waals surface area (Å²) in [7, 11) is 0. The number of hydrogen-bond donors (Lipinski definition) is 0. The lowest BCUT2D eigenvalue weighted by atomic mass is 9.97. The standard InChI is InChI=1S/C20H23N3O4/c1-4-22-8-9-23(20(2,3)19(22)25)18(24)17-12-15(21-27-17)13-5-6-16-14(11-13)7-10-26-16/h5-6,11-12H,4,7-10H2,1-3H3. The highest BCUT2D eigenvalue weighted by atomic mass is 16.5. The first-order valence-corrected chi connectivity index (χ1v) is 9.26. The Morgan fingerprint density at radius 3 is 2.85 bits per heavy atom. The van der Waals surface area contributed by atoms with Crippen molar-refractivity contribution in [1.29, 1.82) is 0 Å². The molecule has 7 nitrogen and oxygen atoms in total. The van der Waals surface area contributed by atoms with Gasteiger partial charge in [0.1, 0.15) is 17.0 Å². The number of piperazine rings is 1. The summed E-state index contributed by atoms with van der Waals surface area (Å²) in [5.41, 5.74) is 1.70. The fourth-order valence-corrected chi connectivity index (χ4v) is 3.75. The Morgan fingerprint density at radius 2 is 2.07 bits per heavy atom. The van der Waals surface area contributed by atoms with Crippen molar-refractivity contribution in [1.82, 2.24) is 15.0 Å². The molecule has 0 N–H and O–H groups in total. The minimum absolute atomic E-state index is 0.0528. The molecule has 3 heterocycles. The highest BCUT2D eigenvalue weighted by Crippen LogP contribution is 2.31. The molecule has 2 aromatic rings. The van der Waals surface area contributed by atoms with E-state index in [1.54, 1.807) is 29.7 Å². The van der Waals surface area contributed by atoms with Crippen molar-refractivity contribution in [2.75, 3.05) is 26.2 Å². The summed E-state index contributed by atoms with van der Waals surface area (Å²) in [5.74, 6) is 0.676. The van der Waals surface area contributed by atoms with Gasteiger partial charge in [-0.2, -0.15) is 0 Å². The summed E-state index contributed by atoms with van der Waals surface area (Å²) in [6, 6.07) is 7.48. The van der Waals surface area contributed by atoms with Crippen LogP contribution in [-0.2, 0) is 11.2 Å². The molecule has 0 radical (unpaired) electrons. The van der Waals surface area contributed by atoms with E-state index in [-0.39, 0.29) is 17.6 Å². The van der Waals surface area contributed by atoms with E-state index in [2.05, 4.69) is 5.16 Å². The van der Waals surface area contributed by atoms with E-state index in [0.29, 0.717) is 31.9 Å². The van der Waals surface area contributed by atoms with Gasteiger partial charge >= 0.3 is 0 Å². The Hall–Kier alpha value is -2.83. The second-order valence-corrected chi connectivity index (χ2v) is 7.40. The molecule has 142 valence electrons. The van der Waals surface area contributed by atoms with E-state index in [0.717, 1.165) is 23.3 Å². The van der Waals surface area contributed by atoms with Gasteiger partial charge in [-0.25, -0.2) is 0 Å². The van der Waals surface area contributed by atoms with E-state index in [1.807, 2.05) is 25.1 Å². The molecule has 0 spiro atoms. The van der Waals surface area contributed by atoms with Crippen molar-refractivity contribution in [2.24, 2.45) is 0 Å². The van der Waals surface area contributed by atoms with Crippen molar-refractivity contribution in [3.63, 3.8) is 0 Å². The molecule has 0 bridgehead atoms. The Morgan fingerprint density at radius 1 is 1.26 bits per heavy atom. The van der Waals surface area contributed by atoms with Gasteiger partial charge < -0.3 is 19.1 Å². The first-order chi connectivity index (χ1) is 12.9. The third-order valence-corrected chi connectivity index (χ3v) is 5.41. The Kier molecular flexibility index (Phi) is 4.17. The van der Waals surface area contributed by atoms with E-state index >= 15 is 0 Å². The van der Waals surface area contributed by atoms with E-state index in [9.17, 15) is 9.59 Å². The second-order valence-electron chi connectivity index (χ2n) is 7.40. The van der Waals surface area contributed by atoms with Crippen LogP contribution in [0.15, 0.2) is 28.8 Å². The minimum atomic E-state index is -0.913. The number of benzene rings is 1. The van der Waals surface area contributed by atoms with Gasteiger partial charge in [-0.1, -0.05) is 5.16 Å². The number of likely N-dealkylation sites (N-methyl/N-ethyl adjacent to an activating group) is 1. The summed E-state index contributed by atoms with van der Waals surface area (Å²) in [4.78, 5) is 29.0. The summed E-state index contributed by atoms with van der Waals surface area (Å²) in [6.45, 7) is 7.80. The number of amides is 2. The van der Waals surface area contributed by atoms with Crippen LogP contribution < -0.4 is 4.74 Å². The van der Waals surface area contributed by atoms with Crippen LogP contribution in [0, 0.1) is 0 Å². The van der Waals surface area contributed by atoms with Gasteiger partial charge in [-0.05, 0) is 44.5 Å². The van der Waals surface area contributed by atoms with Gasteiger partial charge in [0.2, 0.25) is 11.7 Å². The lowest BCUT2D eigenvalue weighted by Gasteiger charge is -2.45. The van der Waals surface area contributed by atoms with Gasteiger partial charge in [0.15, 0.2) is 0 Å². The highest BCUT2D eigenvalue weighted by molar-refractivity contribution is 5.98. The predicted octanol–water partition coefficient (Wildman–Crippen LogP) is 2.36. The fourth-order valence-electron chi connectivity index (χ4n) is 3.75. The maximum absolute atomic E-state index is 13.0. The topological polar surface area (TPSA) is 75.9 Å². The Balaban J connectivity index is 1.58. The largest absolute Gasteiger partial charge is 0.493 e. The lowest BCUT2D eigenvalue weighted by molar-refractivity contribution is -0.146. The molecule has 0 saturated carbocycles. The second kappa shape index (κ2) is 6.40. The summed E-state index contributed by atoms with van der Waals surface area (Å²) in [6.07, 6.45) is 0.866. The molecule has 0 unspecified atom stereocenters. The summed E-state index contributed by atoms with van der Waals surface area (Å²) < 4.78 is 10.9. The molecule has 27 heavy (non-hydrogen) atoms. The van der Waals surface area contributed by atoms with E-state index in [1.165, 1.54) is 0 Å². The highest BCUT2D eigenvalue weighted by Gasteiger charge is 2.44. The summed E-state index contributed by atoms with van der Waals surface area (Å²) in [5, 5.41) is 4.07. The van der Waals surface area contributed by atoms with Crippen LogP contribution in [0.5, 0.6) is 5.75 Å². The van der Waals surface area contributed by atoms with Crippen molar-refractivity contribution in [2.45, 2.75) is 32.7 Å². The molecule has 0 aliphatic carbocycles. The maximum Gasteiger partial charge on any atom is 0.293 e. The number of aromatic nitrogens is 1.